The zero-order valence-electron chi connectivity index (χ0n) is 13.9. The molecule has 0 fully saturated rings. The molecule has 0 radical (unpaired) electrons. The molecule has 114 valence electrons. The zero-order valence-corrected chi connectivity index (χ0v) is 14.7. The number of halogens is 1. The summed E-state index contributed by atoms with van der Waals surface area (Å²) in [6.45, 7) is 13.1. The molecule has 21 heavy (non-hydrogen) atoms. The van der Waals surface area contributed by atoms with Crippen molar-refractivity contribution < 1.29 is 0 Å². The fourth-order valence-electron chi connectivity index (χ4n) is 2.70. The van der Waals surface area contributed by atoms with E-state index in [2.05, 4.69) is 64.7 Å². The van der Waals surface area contributed by atoms with Gasteiger partial charge >= 0.3 is 0 Å². The number of rotatable bonds is 3. The first-order chi connectivity index (χ1) is 9.65. The highest BCUT2D eigenvalue weighted by Crippen LogP contribution is 2.32. The van der Waals surface area contributed by atoms with Gasteiger partial charge in [0.1, 0.15) is 0 Å². The molecule has 0 N–H and O–H groups in total. The maximum atomic E-state index is 6.34. The standard InChI is InChI=1S/C18H25ClN2/c1-7-10-18(5,6)12-8-9-13-14(11-12)21-16(19)15(20-13)17(2,3)4/h8-9,11H,7,10H2,1-6H3. The predicted octanol–water partition coefficient (Wildman–Crippen LogP) is 5.66. The van der Waals surface area contributed by atoms with Gasteiger partial charge in [0.25, 0.3) is 0 Å². The molecule has 1 aromatic carbocycles. The molecular formula is C18H25ClN2. The molecular weight excluding hydrogens is 280 g/mol. The molecule has 0 atom stereocenters. The first kappa shape index (κ1) is 16.2. The Morgan fingerprint density at radius 3 is 2.24 bits per heavy atom. The molecule has 0 amide bonds. The van der Waals surface area contributed by atoms with Crippen LogP contribution in [0.25, 0.3) is 11.0 Å². The van der Waals surface area contributed by atoms with Crippen molar-refractivity contribution >= 4 is 22.6 Å². The van der Waals surface area contributed by atoms with E-state index in [0.717, 1.165) is 23.1 Å². The van der Waals surface area contributed by atoms with Gasteiger partial charge in [-0.05, 0) is 29.5 Å². The minimum Gasteiger partial charge on any atom is -0.247 e. The van der Waals surface area contributed by atoms with Crippen LogP contribution in [-0.2, 0) is 10.8 Å². The third-order valence-electron chi connectivity index (χ3n) is 3.99. The normalized spacial score (nSPS) is 12.9. The maximum Gasteiger partial charge on any atom is 0.151 e. The third kappa shape index (κ3) is 3.37. The van der Waals surface area contributed by atoms with E-state index >= 15 is 0 Å². The first-order valence-corrected chi connectivity index (χ1v) is 8.01. The summed E-state index contributed by atoms with van der Waals surface area (Å²) in [4.78, 5) is 9.30. The van der Waals surface area contributed by atoms with Crippen LogP contribution in [0.1, 0.15) is 65.6 Å². The van der Waals surface area contributed by atoms with E-state index in [1.807, 2.05) is 0 Å². The Bertz CT molecular complexity index is 654. The zero-order chi connectivity index (χ0) is 15.8. The minimum absolute atomic E-state index is 0.0988. The van der Waals surface area contributed by atoms with Crippen molar-refractivity contribution in [2.24, 2.45) is 0 Å². The monoisotopic (exact) mass is 304 g/mol. The van der Waals surface area contributed by atoms with Crippen LogP contribution in [-0.4, -0.2) is 9.97 Å². The molecule has 0 bridgehead atoms. The van der Waals surface area contributed by atoms with Gasteiger partial charge in [0, 0.05) is 5.41 Å². The van der Waals surface area contributed by atoms with E-state index in [9.17, 15) is 0 Å². The Kier molecular flexibility index (Phi) is 4.30. The molecule has 2 rings (SSSR count). The van der Waals surface area contributed by atoms with E-state index in [4.69, 9.17) is 16.6 Å². The number of aromatic nitrogens is 2. The van der Waals surface area contributed by atoms with Gasteiger partial charge in [-0.15, -0.1) is 0 Å². The lowest BCUT2D eigenvalue weighted by molar-refractivity contribution is 0.473. The van der Waals surface area contributed by atoms with Crippen molar-refractivity contribution in [3.63, 3.8) is 0 Å². The van der Waals surface area contributed by atoms with E-state index in [1.54, 1.807) is 0 Å². The van der Waals surface area contributed by atoms with Crippen molar-refractivity contribution in [1.29, 1.82) is 0 Å². The summed E-state index contributed by atoms with van der Waals surface area (Å²) in [5.41, 5.74) is 4.01. The molecule has 3 heteroatoms. The second kappa shape index (κ2) is 5.57. The largest absolute Gasteiger partial charge is 0.247 e. The number of hydrogen-bond donors (Lipinski definition) is 0. The number of benzene rings is 1. The SMILES string of the molecule is CCCC(C)(C)c1ccc2nc(C(C)(C)C)c(Cl)nc2c1. The molecule has 1 heterocycles. The van der Waals surface area contributed by atoms with Crippen LogP contribution < -0.4 is 0 Å². The van der Waals surface area contributed by atoms with Crippen LogP contribution in [0.5, 0.6) is 0 Å². The minimum atomic E-state index is -0.0988. The van der Waals surface area contributed by atoms with Gasteiger partial charge in [0.05, 0.1) is 16.7 Å². The quantitative estimate of drug-likeness (QED) is 0.731. The van der Waals surface area contributed by atoms with Gasteiger partial charge in [-0.1, -0.05) is 65.6 Å². The number of nitrogens with zero attached hydrogens (tertiary/aromatic N) is 2. The lowest BCUT2D eigenvalue weighted by Crippen LogP contribution is -2.17. The van der Waals surface area contributed by atoms with Crippen LogP contribution in [0.3, 0.4) is 0 Å². The van der Waals surface area contributed by atoms with Gasteiger partial charge in [-0.3, -0.25) is 0 Å². The Morgan fingerprint density at radius 2 is 1.67 bits per heavy atom. The summed E-state index contributed by atoms with van der Waals surface area (Å²) >= 11 is 6.34. The van der Waals surface area contributed by atoms with Crippen LogP contribution in [0.15, 0.2) is 18.2 Å². The fraction of sp³-hybridized carbons (Fsp3) is 0.556. The smallest absolute Gasteiger partial charge is 0.151 e. The average Bonchev–Trinajstić information content (AvgIpc) is 2.35. The second-order valence-electron chi connectivity index (χ2n) is 7.45. The van der Waals surface area contributed by atoms with Crippen molar-refractivity contribution in [2.45, 2.75) is 65.2 Å². The molecule has 0 spiro atoms. The summed E-state index contributed by atoms with van der Waals surface area (Å²) in [5, 5.41) is 0.514. The summed E-state index contributed by atoms with van der Waals surface area (Å²) in [6, 6.07) is 6.38. The highest BCUT2D eigenvalue weighted by atomic mass is 35.5. The molecule has 2 nitrogen and oxygen atoms in total. The Balaban J connectivity index is 2.56. The number of hydrogen-bond acceptors (Lipinski definition) is 2. The molecule has 0 saturated heterocycles. The van der Waals surface area contributed by atoms with Crippen molar-refractivity contribution in [3.05, 3.63) is 34.6 Å². The maximum absolute atomic E-state index is 6.34. The molecule has 2 aromatic rings. The van der Waals surface area contributed by atoms with Gasteiger partial charge in [-0.25, -0.2) is 9.97 Å². The van der Waals surface area contributed by atoms with Crippen molar-refractivity contribution in [3.8, 4) is 0 Å². The average molecular weight is 305 g/mol. The lowest BCUT2D eigenvalue weighted by Gasteiger charge is -2.25. The van der Waals surface area contributed by atoms with Crippen LogP contribution >= 0.6 is 11.6 Å². The van der Waals surface area contributed by atoms with Gasteiger partial charge < -0.3 is 0 Å². The Hall–Kier alpha value is -1.15. The van der Waals surface area contributed by atoms with Gasteiger partial charge in [-0.2, -0.15) is 0 Å². The highest BCUT2D eigenvalue weighted by molar-refractivity contribution is 6.30. The van der Waals surface area contributed by atoms with Crippen molar-refractivity contribution in [1.82, 2.24) is 9.97 Å². The van der Waals surface area contributed by atoms with E-state index in [1.165, 1.54) is 12.0 Å². The van der Waals surface area contributed by atoms with E-state index < -0.39 is 0 Å². The van der Waals surface area contributed by atoms with Crippen LogP contribution in [0, 0.1) is 0 Å². The summed E-state index contributed by atoms with van der Waals surface area (Å²) in [5.74, 6) is 0. The fourth-order valence-corrected chi connectivity index (χ4v) is 3.12. The van der Waals surface area contributed by atoms with Gasteiger partial charge in [0.15, 0.2) is 5.15 Å². The molecule has 0 unspecified atom stereocenters. The Morgan fingerprint density at radius 1 is 1.00 bits per heavy atom. The second-order valence-corrected chi connectivity index (χ2v) is 7.81. The van der Waals surface area contributed by atoms with Gasteiger partial charge in [0.2, 0.25) is 0 Å². The summed E-state index contributed by atoms with van der Waals surface area (Å²) < 4.78 is 0. The lowest BCUT2D eigenvalue weighted by atomic mass is 9.80. The first-order valence-electron chi connectivity index (χ1n) is 7.63. The van der Waals surface area contributed by atoms with Crippen LogP contribution in [0.2, 0.25) is 5.15 Å². The molecule has 0 aliphatic heterocycles. The molecule has 0 aliphatic rings. The Labute approximate surface area is 133 Å². The highest BCUT2D eigenvalue weighted by Gasteiger charge is 2.23. The summed E-state index contributed by atoms with van der Waals surface area (Å²) in [6.07, 6.45) is 2.32. The van der Waals surface area contributed by atoms with Crippen LogP contribution in [0.4, 0.5) is 0 Å². The third-order valence-corrected chi connectivity index (χ3v) is 4.25. The molecule has 0 aliphatic carbocycles. The van der Waals surface area contributed by atoms with E-state index in [-0.39, 0.29) is 10.8 Å². The molecule has 0 saturated carbocycles. The molecule has 1 aromatic heterocycles. The van der Waals surface area contributed by atoms with Crippen molar-refractivity contribution in [2.75, 3.05) is 0 Å². The predicted molar refractivity (Wildman–Crippen MR) is 91.2 cm³/mol. The van der Waals surface area contributed by atoms with E-state index in [0.29, 0.717) is 5.15 Å². The topological polar surface area (TPSA) is 25.8 Å². The number of fused-ring (bicyclic) bond motifs is 1. The summed E-state index contributed by atoms with van der Waals surface area (Å²) in [7, 11) is 0.